The molecule has 6 heteroatoms. The number of rotatable bonds is 4. The molecule has 3 amide bonds. The third kappa shape index (κ3) is 3.85. The Morgan fingerprint density at radius 2 is 1.71 bits per heavy atom. The van der Waals surface area contributed by atoms with E-state index in [1.165, 1.54) is 11.8 Å². The molecule has 1 saturated heterocycles. The van der Waals surface area contributed by atoms with Gasteiger partial charge in [-0.1, -0.05) is 30.3 Å². The molecular weight excluding hydrogens is 288 g/mol. The molecule has 2 rings (SSSR count). The van der Waals surface area contributed by atoms with Gasteiger partial charge in [-0.15, -0.1) is 11.8 Å². The van der Waals surface area contributed by atoms with Gasteiger partial charge in [0.1, 0.15) is 6.54 Å². The second-order valence-electron chi connectivity index (χ2n) is 4.95. The first kappa shape index (κ1) is 15.6. The summed E-state index contributed by atoms with van der Waals surface area (Å²) in [6.45, 7) is 3.69. The molecular formula is C15H18N2O3S. The number of amides is 3. The van der Waals surface area contributed by atoms with Gasteiger partial charge in [0.25, 0.3) is 0 Å². The van der Waals surface area contributed by atoms with E-state index in [2.05, 4.69) is 5.32 Å². The fourth-order valence-corrected chi connectivity index (χ4v) is 3.22. The van der Waals surface area contributed by atoms with Crippen LogP contribution >= 0.6 is 11.8 Å². The predicted molar refractivity (Wildman–Crippen MR) is 81.5 cm³/mol. The molecule has 0 aliphatic carbocycles. The van der Waals surface area contributed by atoms with Crippen molar-refractivity contribution in [3.8, 4) is 0 Å². The highest BCUT2D eigenvalue weighted by atomic mass is 32.2. The number of imide groups is 1. The fourth-order valence-electron chi connectivity index (χ4n) is 2.12. The minimum Gasteiger partial charge on any atom is -0.350 e. The lowest BCUT2D eigenvalue weighted by Crippen LogP contribution is -2.53. The van der Waals surface area contributed by atoms with Crippen LogP contribution in [0.25, 0.3) is 0 Å². The third-order valence-electron chi connectivity index (χ3n) is 3.27. The van der Waals surface area contributed by atoms with Crippen molar-refractivity contribution in [1.29, 1.82) is 0 Å². The van der Waals surface area contributed by atoms with Crippen LogP contribution in [0.1, 0.15) is 19.4 Å². The molecule has 0 spiro atoms. The zero-order valence-corrected chi connectivity index (χ0v) is 12.9. The van der Waals surface area contributed by atoms with Crippen LogP contribution < -0.4 is 5.32 Å². The van der Waals surface area contributed by atoms with E-state index in [4.69, 9.17) is 0 Å². The summed E-state index contributed by atoms with van der Waals surface area (Å²) in [6.07, 6.45) is 0. The number of carbonyl (C=O) groups excluding carboxylic acids is 3. The van der Waals surface area contributed by atoms with Gasteiger partial charge in [0.05, 0.1) is 10.5 Å². The highest BCUT2D eigenvalue weighted by Crippen LogP contribution is 2.26. The van der Waals surface area contributed by atoms with Crippen LogP contribution in [0, 0.1) is 0 Å². The van der Waals surface area contributed by atoms with Crippen molar-refractivity contribution in [3.63, 3.8) is 0 Å². The lowest BCUT2D eigenvalue weighted by atomic mass is 10.2. The Balaban J connectivity index is 1.92. The Labute approximate surface area is 128 Å². The molecule has 5 nitrogen and oxygen atoms in total. The zero-order valence-electron chi connectivity index (χ0n) is 12.0. The summed E-state index contributed by atoms with van der Waals surface area (Å²) in [6, 6.07) is 9.48. The first-order valence-electron chi connectivity index (χ1n) is 6.80. The van der Waals surface area contributed by atoms with Gasteiger partial charge in [0.15, 0.2) is 0 Å². The van der Waals surface area contributed by atoms with Gasteiger partial charge in [0, 0.05) is 6.54 Å². The smallest absolute Gasteiger partial charge is 0.242 e. The highest BCUT2D eigenvalue weighted by molar-refractivity contribution is 8.02. The van der Waals surface area contributed by atoms with Crippen molar-refractivity contribution in [2.75, 3.05) is 6.54 Å². The van der Waals surface area contributed by atoms with Crippen LogP contribution in [0.5, 0.6) is 0 Å². The second-order valence-corrected chi connectivity index (χ2v) is 6.63. The molecule has 1 fully saturated rings. The van der Waals surface area contributed by atoms with Gasteiger partial charge in [-0.3, -0.25) is 19.3 Å². The Hall–Kier alpha value is -1.82. The summed E-state index contributed by atoms with van der Waals surface area (Å²) in [5.74, 6) is -0.914. The van der Waals surface area contributed by atoms with Crippen LogP contribution in [0.2, 0.25) is 0 Å². The molecule has 1 aromatic rings. The maximum atomic E-state index is 12.0. The first-order valence-corrected chi connectivity index (χ1v) is 7.74. The fraction of sp³-hybridized carbons (Fsp3) is 0.400. The van der Waals surface area contributed by atoms with Gasteiger partial charge < -0.3 is 5.32 Å². The molecule has 0 bridgehead atoms. The van der Waals surface area contributed by atoms with Crippen molar-refractivity contribution in [3.05, 3.63) is 35.9 Å². The molecule has 1 aromatic carbocycles. The number of benzene rings is 1. The lowest BCUT2D eigenvalue weighted by molar-refractivity contribution is -0.147. The number of hydrogen-bond acceptors (Lipinski definition) is 4. The van der Waals surface area contributed by atoms with E-state index in [-0.39, 0.29) is 34.8 Å². The largest absolute Gasteiger partial charge is 0.350 e. The van der Waals surface area contributed by atoms with Crippen molar-refractivity contribution in [1.82, 2.24) is 10.2 Å². The van der Waals surface area contributed by atoms with Crippen LogP contribution in [0.4, 0.5) is 0 Å². The Kier molecular flexibility index (Phi) is 5.01. The van der Waals surface area contributed by atoms with Crippen molar-refractivity contribution in [2.24, 2.45) is 0 Å². The quantitative estimate of drug-likeness (QED) is 0.848. The molecule has 1 aliphatic rings. The van der Waals surface area contributed by atoms with Crippen molar-refractivity contribution in [2.45, 2.75) is 30.9 Å². The minimum absolute atomic E-state index is 0.209. The van der Waals surface area contributed by atoms with E-state index >= 15 is 0 Å². The highest BCUT2D eigenvalue weighted by Gasteiger charge is 2.37. The summed E-state index contributed by atoms with van der Waals surface area (Å²) < 4.78 is 0. The van der Waals surface area contributed by atoms with Crippen molar-refractivity contribution >= 4 is 29.5 Å². The van der Waals surface area contributed by atoms with Crippen LogP contribution in [0.3, 0.4) is 0 Å². The molecule has 1 aliphatic heterocycles. The Morgan fingerprint density at radius 3 is 2.29 bits per heavy atom. The molecule has 0 aromatic heterocycles. The molecule has 0 saturated carbocycles. The molecule has 1 heterocycles. The second kappa shape index (κ2) is 6.76. The topological polar surface area (TPSA) is 66.5 Å². The van der Waals surface area contributed by atoms with Crippen LogP contribution in [-0.2, 0) is 20.9 Å². The van der Waals surface area contributed by atoms with E-state index in [9.17, 15) is 14.4 Å². The van der Waals surface area contributed by atoms with Gasteiger partial charge >= 0.3 is 0 Å². The molecule has 2 unspecified atom stereocenters. The van der Waals surface area contributed by atoms with Gasteiger partial charge in [0.2, 0.25) is 17.7 Å². The molecule has 1 N–H and O–H groups in total. The number of nitrogens with one attached hydrogen (secondary N) is 1. The van der Waals surface area contributed by atoms with Crippen molar-refractivity contribution < 1.29 is 14.4 Å². The summed E-state index contributed by atoms with van der Waals surface area (Å²) in [7, 11) is 0. The summed E-state index contributed by atoms with van der Waals surface area (Å²) in [4.78, 5) is 37.0. The van der Waals surface area contributed by atoms with E-state index < -0.39 is 0 Å². The van der Waals surface area contributed by atoms with Crippen LogP contribution in [0.15, 0.2) is 30.3 Å². The Morgan fingerprint density at radius 1 is 1.14 bits per heavy atom. The average Bonchev–Trinajstić information content (AvgIpc) is 2.48. The molecule has 2 atom stereocenters. The lowest BCUT2D eigenvalue weighted by Gasteiger charge is -2.31. The minimum atomic E-state index is -0.327. The SMILES string of the molecule is CC1SC(C)C(=O)N(CC(=O)NCc2ccccc2)C1=O. The zero-order chi connectivity index (χ0) is 15.4. The number of thioether (sulfide) groups is 1. The standard InChI is InChI=1S/C15H18N2O3S/c1-10-14(19)17(15(20)11(2)21-10)9-13(18)16-8-12-6-4-3-5-7-12/h3-7,10-11H,8-9H2,1-2H3,(H,16,18). The van der Waals surface area contributed by atoms with E-state index in [0.717, 1.165) is 10.5 Å². The van der Waals surface area contributed by atoms with E-state index in [1.807, 2.05) is 30.3 Å². The van der Waals surface area contributed by atoms with E-state index in [1.54, 1.807) is 13.8 Å². The number of carbonyl (C=O) groups is 3. The summed E-state index contributed by atoms with van der Waals surface area (Å²) in [5, 5.41) is 2.14. The summed E-state index contributed by atoms with van der Waals surface area (Å²) >= 11 is 1.33. The van der Waals surface area contributed by atoms with Gasteiger partial charge in [-0.05, 0) is 19.4 Å². The van der Waals surface area contributed by atoms with E-state index in [0.29, 0.717) is 6.54 Å². The number of hydrogen-bond donors (Lipinski definition) is 1. The predicted octanol–water partition coefficient (Wildman–Crippen LogP) is 1.18. The third-order valence-corrected chi connectivity index (χ3v) is 4.49. The van der Waals surface area contributed by atoms with Crippen LogP contribution in [-0.4, -0.2) is 39.7 Å². The van der Waals surface area contributed by atoms with Gasteiger partial charge in [-0.2, -0.15) is 0 Å². The monoisotopic (exact) mass is 306 g/mol. The maximum Gasteiger partial charge on any atom is 0.242 e. The normalized spacial score (nSPS) is 22.3. The first-order chi connectivity index (χ1) is 9.99. The molecule has 21 heavy (non-hydrogen) atoms. The maximum absolute atomic E-state index is 12.0. The summed E-state index contributed by atoms with van der Waals surface area (Å²) in [5.41, 5.74) is 0.972. The van der Waals surface area contributed by atoms with Gasteiger partial charge in [-0.25, -0.2) is 0 Å². The average molecular weight is 306 g/mol. The molecule has 0 radical (unpaired) electrons. The Bertz CT molecular complexity index is 527. The number of nitrogens with zero attached hydrogens (tertiary/aromatic N) is 1. The molecule has 112 valence electrons.